The van der Waals surface area contributed by atoms with Gasteiger partial charge < -0.3 is 18.1 Å². The Morgan fingerprint density at radius 1 is 0.553 bits per heavy atom. The Kier molecular flexibility index (Phi) is 7.37. The van der Waals surface area contributed by atoms with Crippen LogP contribution in [-0.4, -0.2) is 19.0 Å². The average molecular weight is 653 g/mol. The van der Waals surface area contributed by atoms with Gasteiger partial charge in [0.05, 0.1) is 10.8 Å². The number of benzene rings is 6. The highest BCUT2D eigenvalue weighted by molar-refractivity contribution is 7.88. The number of alkyl halides is 3. The van der Waals surface area contributed by atoms with Crippen molar-refractivity contribution >= 4 is 54.0 Å². The summed E-state index contributed by atoms with van der Waals surface area (Å²) in [4.78, 5) is 0. The van der Waals surface area contributed by atoms with E-state index in [1.54, 1.807) is 24.3 Å². The molecule has 0 amide bonds. The number of hydrogen-bond donors (Lipinski definition) is 1. The number of aromatic hydroxyl groups is 1. The van der Waals surface area contributed by atoms with Crippen LogP contribution < -0.4 is 4.18 Å². The van der Waals surface area contributed by atoms with Crippen molar-refractivity contribution in [1.29, 1.82) is 0 Å². The first-order chi connectivity index (χ1) is 22.6. The Morgan fingerprint density at radius 3 is 1.55 bits per heavy atom. The molecule has 0 saturated carbocycles. The fourth-order valence-electron chi connectivity index (χ4n) is 5.57. The topological polar surface area (TPSA) is 89.9 Å². The predicted octanol–water partition coefficient (Wildman–Crippen LogP) is 10.4. The van der Waals surface area contributed by atoms with Gasteiger partial charge in [0.25, 0.3) is 0 Å². The first-order valence-corrected chi connectivity index (χ1v) is 15.7. The van der Waals surface area contributed by atoms with E-state index in [0.717, 1.165) is 44.7 Å². The Bertz CT molecular complexity index is 2500. The zero-order valence-corrected chi connectivity index (χ0v) is 25.0. The first kappa shape index (κ1) is 29.9. The van der Waals surface area contributed by atoms with Crippen LogP contribution in [0.4, 0.5) is 13.2 Å². The van der Waals surface area contributed by atoms with Crippen molar-refractivity contribution in [1.82, 2.24) is 0 Å². The molecule has 6 nitrogen and oxygen atoms in total. The molecule has 6 aromatic carbocycles. The normalized spacial score (nSPS) is 12.0. The van der Waals surface area contributed by atoms with Gasteiger partial charge in [0.2, 0.25) is 0 Å². The molecule has 8 rings (SSSR count). The van der Waals surface area contributed by atoms with Crippen molar-refractivity contribution in [3.63, 3.8) is 0 Å². The van der Waals surface area contributed by atoms with Crippen molar-refractivity contribution in [3.05, 3.63) is 133 Å². The quantitative estimate of drug-likeness (QED) is 0.150. The molecule has 0 aliphatic rings. The smallest absolute Gasteiger partial charge is 0.507 e. The summed E-state index contributed by atoms with van der Waals surface area (Å²) < 4.78 is 77.2. The van der Waals surface area contributed by atoms with Crippen LogP contribution in [0, 0.1) is 0 Å². The molecule has 0 spiro atoms. The van der Waals surface area contributed by atoms with E-state index in [0.29, 0.717) is 16.6 Å². The second-order valence-electron chi connectivity index (χ2n) is 10.6. The van der Waals surface area contributed by atoms with Gasteiger partial charge in [-0.1, -0.05) is 109 Å². The first-order valence-electron chi connectivity index (χ1n) is 14.3. The molecule has 0 aliphatic carbocycles. The molecule has 10 heteroatoms. The molecule has 8 aromatic rings. The van der Waals surface area contributed by atoms with Gasteiger partial charge in [-0.3, -0.25) is 0 Å². The van der Waals surface area contributed by atoms with Gasteiger partial charge in [0, 0.05) is 21.9 Å². The van der Waals surface area contributed by atoms with Crippen LogP contribution in [0.25, 0.3) is 66.1 Å². The van der Waals surface area contributed by atoms with Crippen molar-refractivity contribution in [2.45, 2.75) is 5.51 Å². The highest BCUT2D eigenvalue weighted by Gasteiger charge is 2.48. The minimum Gasteiger partial charge on any atom is -0.507 e. The third kappa shape index (κ3) is 5.42. The summed E-state index contributed by atoms with van der Waals surface area (Å²) in [7, 11) is -5.79. The van der Waals surface area contributed by atoms with Crippen LogP contribution in [0.1, 0.15) is 0 Å². The molecule has 0 fully saturated rings. The number of para-hydroxylation sites is 2. The fourth-order valence-corrected chi connectivity index (χ4v) is 6.04. The summed E-state index contributed by atoms with van der Waals surface area (Å²) in [5.74, 6) is -0.180. The van der Waals surface area contributed by atoms with E-state index in [9.17, 15) is 26.7 Å². The maximum Gasteiger partial charge on any atom is 0.534 e. The van der Waals surface area contributed by atoms with Crippen LogP contribution >= 0.6 is 0 Å². The summed E-state index contributed by atoms with van der Waals surface area (Å²) in [6, 6.07) is 40.0. The summed E-state index contributed by atoms with van der Waals surface area (Å²) >= 11 is 0. The number of phenolic OH excluding ortho intramolecular Hbond substituents is 1. The second kappa shape index (κ2) is 11.6. The van der Waals surface area contributed by atoms with E-state index in [1.165, 1.54) is 12.1 Å². The molecule has 0 aliphatic heterocycles. The summed E-state index contributed by atoms with van der Waals surface area (Å²) in [6.07, 6.45) is 0. The van der Waals surface area contributed by atoms with Crippen LogP contribution in [0.3, 0.4) is 0 Å². The monoisotopic (exact) mass is 652 g/mol. The third-order valence-corrected chi connectivity index (χ3v) is 8.60. The van der Waals surface area contributed by atoms with Gasteiger partial charge in [-0.2, -0.15) is 21.6 Å². The van der Waals surface area contributed by atoms with Crippen molar-refractivity contribution in [2.24, 2.45) is 0 Å². The van der Waals surface area contributed by atoms with Gasteiger partial charge in [-0.25, -0.2) is 0 Å². The number of fused-ring (bicyclic) bond motifs is 6. The van der Waals surface area contributed by atoms with E-state index < -0.39 is 21.4 Å². The highest BCUT2D eigenvalue weighted by atomic mass is 32.2. The second-order valence-corrected chi connectivity index (χ2v) is 12.1. The number of furan rings is 2. The van der Waals surface area contributed by atoms with E-state index >= 15 is 0 Å². The molecular formula is C37H23F3O6S. The molecule has 0 radical (unpaired) electrons. The largest absolute Gasteiger partial charge is 0.534 e. The zero-order valence-electron chi connectivity index (χ0n) is 24.2. The standard InChI is InChI=1S/C19H11F3O4S.C18H12O2/c20-19(21,22)27(23,24)26-16-11-5-10-15-17(16)14-9-4-8-13(18(14)25-15)12-6-2-1-3-7-12;19-15-10-5-11-16-17(15)14-9-4-8-13(18(14)20-16)12-6-2-1-3-7-12/h1-11H;1-11,19H. The average Bonchev–Trinajstić information content (AvgIpc) is 3.65. The molecule has 2 aromatic heterocycles. The van der Waals surface area contributed by atoms with Crippen molar-refractivity contribution in [3.8, 4) is 33.8 Å². The Hall–Kier alpha value is -5.74. The fraction of sp³-hybridized carbons (Fsp3) is 0.0270. The molecule has 0 atom stereocenters. The SMILES string of the molecule is O=S(=O)(Oc1cccc2oc3c(-c4ccccc4)cccc3c12)C(F)(F)F.Oc1cccc2oc3c(-c4ccccc4)cccc3c12. The van der Waals surface area contributed by atoms with Gasteiger partial charge in [0.15, 0.2) is 5.75 Å². The lowest BCUT2D eigenvalue weighted by atomic mass is 10.0. The number of rotatable bonds is 4. The number of phenols is 1. The maximum absolute atomic E-state index is 12.7. The van der Waals surface area contributed by atoms with Crippen molar-refractivity contribution < 1.29 is 39.7 Å². The summed E-state index contributed by atoms with van der Waals surface area (Å²) in [5.41, 5.74) is 0.391. The number of halogens is 3. The molecule has 0 unspecified atom stereocenters. The highest BCUT2D eigenvalue weighted by Crippen LogP contribution is 2.42. The van der Waals surface area contributed by atoms with Crippen LogP contribution in [0.15, 0.2) is 142 Å². The molecule has 234 valence electrons. The Labute approximate surface area is 266 Å². The lowest BCUT2D eigenvalue weighted by molar-refractivity contribution is -0.0499. The van der Waals surface area contributed by atoms with E-state index in [2.05, 4.69) is 16.3 Å². The van der Waals surface area contributed by atoms with Crippen LogP contribution in [0.5, 0.6) is 11.5 Å². The molecule has 1 N–H and O–H groups in total. The zero-order chi connectivity index (χ0) is 32.8. The maximum atomic E-state index is 12.7. The molecule has 47 heavy (non-hydrogen) atoms. The van der Waals surface area contributed by atoms with Gasteiger partial charge in [0.1, 0.15) is 28.1 Å². The van der Waals surface area contributed by atoms with Gasteiger partial charge in [-0.15, -0.1) is 0 Å². The Morgan fingerprint density at radius 2 is 1.02 bits per heavy atom. The van der Waals surface area contributed by atoms with Crippen LogP contribution in [0.2, 0.25) is 0 Å². The number of hydrogen-bond acceptors (Lipinski definition) is 6. The lowest BCUT2D eigenvalue weighted by Gasteiger charge is -2.10. The van der Waals surface area contributed by atoms with Crippen molar-refractivity contribution in [2.75, 3.05) is 0 Å². The molecule has 2 heterocycles. The molecule has 0 saturated heterocycles. The van der Waals surface area contributed by atoms with Crippen LogP contribution in [-0.2, 0) is 10.1 Å². The lowest BCUT2D eigenvalue weighted by Crippen LogP contribution is -2.28. The molecular weight excluding hydrogens is 629 g/mol. The minimum atomic E-state index is -5.79. The summed E-state index contributed by atoms with van der Waals surface area (Å²) in [6.45, 7) is 0. The third-order valence-electron chi connectivity index (χ3n) is 7.64. The Balaban J connectivity index is 0.000000156. The van der Waals surface area contributed by atoms with Gasteiger partial charge >= 0.3 is 15.6 Å². The predicted molar refractivity (Wildman–Crippen MR) is 176 cm³/mol. The van der Waals surface area contributed by atoms with Gasteiger partial charge in [-0.05, 0) is 35.4 Å². The molecule has 0 bridgehead atoms. The van der Waals surface area contributed by atoms with E-state index in [4.69, 9.17) is 8.83 Å². The van der Waals surface area contributed by atoms with E-state index in [1.807, 2.05) is 78.9 Å². The minimum absolute atomic E-state index is 0.165. The summed E-state index contributed by atoms with van der Waals surface area (Å²) in [5, 5.41) is 12.4. The van der Waals surface area contributed by atoms with E-state index in [-0.39, 0.29) is 16.7 Å².